The van der Waals surface area contributed by atoms with Crippen molar-refractivity contribution in [3.63, 3.8) is 0 Å². The summed E-state index contributed by atoms with van der Waals surface area (Å²) in [6.45, 7) is 2.14. The molecule has 0 heterocycles. The summed E-state index contributed by atoms with van der Waals surface area (Å²) < 4.78 is 13.1. The summed E-state index contributed by atoms with van der Waals surface area (Å²) in [5.74, 6) is -0.626. The Morgan fingerprint density at radius 1 is 1.53 bits per heavy atom. The van der Waals surface area contributed by atoms with Crippen molar-refractivity contribution < 1.29 is 14.4 Å². The molecule has 0 spiro atoms. The predicted octanol–water partition coefficient (Wildman–Crippen LogP) is 1.55. The molecule has 1 atom stereocenters. The van der Waals surface area contributed by atoms with Crippen LogP contribution in [0.2, 0.25) is 0 Å². The van der Waals surface area contributed by atoms with Gasteiger partial charge in [0.25, 0.3) is 5.69 Å². The van der Waals surface area contributed by atoms with Crippen molar-refractivity contribution >= 4 is 5.69 Å². The van der Waals surface area contributed by atoms with Crippen molar-refractivity contribution in [3.8, 4) is 0 Å². The maximum atomic E-state index is 13.1. The zero-order valence-electron chi connectivity index (χ0n) is 9.76. The molecule has 0 amide bonds. The van der Waals surface area contributed by atoms with Crippen molar-refractivity contribution in [1.29, 1.82) is 0 Å². The molecule has 5 nitrogen and oxygen atoms in total. The van der Waals surface area contributed by atoms with Gasteiger partial charge in [-0.25, -0.2) is 4.39 Å². The molecular formula is C11H15FN2O3. The van der Waals surface area contributed by atoms with Crippen LogP contribution in [-0.2, 0) is 6.54 Å². The first kappa shape index (κ1) is 13.5. The first-order chi connectivity index (χ1) is 7.93. The normalized spacial score (nSPS) is 12.8. The fraction of sp³-hybridized carbons (Fsp3) is 0.455. The molecule has 0 bridgehead atoms. The molecule has 17 heavy (non-hydrogen) atoms. The van der Waals surface area contributed by atoms with E-state index in [1.54, 1.807) is 11.9 Å². The van der Waals surface area contributed by atoms with E-state index in [2.05, 4.69) is 0 Å². The number of likely N-dealkylation sites (N-methyl/N-ethyl adjacent to an activating group) is 1. The molecule has 0 saturated heterocycles. The highest BCUT2D eigenvalue weighted by Gasteiger charge is 2.13. The lowest BCUT2D eigenvalue weighted by Gasteiger charge is -2.22. The molecule has 0 aliphatic carbocycles. The highest BCUT2D eigenvalue weighted by atomic mass is 19.1. The van der Waals surface area contributed by atoms with Crippen LogP contribution in [0.3, 0.4) is 0 Å². The van der Waals surface area contributed by atoms with Crippen molar-refractivity contribution in [2.75, 3.05) is 13.7 Å². The zero-order valence-corrected chi connectivity index (χ0v) is 9.76. The predicted molar refractivity (Wildman–Crippen MR) is 61.1 cm³/mol. The standard InChI is InChI=1S/C11H15FN2O3/c1-8(7-15)13(2)6-9-3-10(12)5-11(4-9)14(16)17/h3-5,8,15H,6-7H2,1-2H3. The number of rotatable bonds is 5. The van der Waals surface area contributed by atoms with Crippen LogP contribution in [0.4, 0.5) is 10.1 Å². The molecular weight excluding hydrogens is 227 g/mol. The number of aliphatic hydroxyl groups excluding tert-OH is 1. The average Bonchev–Trinajstić information content (AvgIpc) is 2.26. The van der Waals surface area contributed by atoms with Gasteiger partial charge in [-0.3, -0.25) is 15.0 Å². The van der Waals surface area contributed by atoms with Gasteiger partial charge in [0.15, 0.2) is 0 Å². The summed E-state index contributed by atoms with van der Waals surface area (Å²) in [6.07, 6.45) is 0. The van der Waals surface area contributed by atoms with Gasteiger partial charge < -0.3 is 5.11 Å². The van der Waals surface area contributed by atoms with Gasteiger partial charge in [-0.15, -0.1) is 0 Å². The molecule has 1 unspecified atom stereocenters. The van der Waals surface area contributed by atoms with E-state index >= 15 is 0 Å². The summed E-state index contributed by atoms with van der Waals surface area (Å²) >= 11 is 0. The third-order valence-corrected chi connectivity index (χ3v) is 2.60. The van der Waals surface area contributed by atoms with Gasteiger partial charge in [-0.2, -0.15) is 0 Å². The summed E-state index contributed by atoms with van der Waals surface area (Å²) in [6, 6.07) is 3.40. The van der Waals surface area contributed by atoms with Crippen molar-refractivity contribution in [2.24, 2.45) is 0 Å². The summed E-state index contributed by atoms with van der Waals surface area (Å²) in [4.78, 5) is 11.7. The maximum absolute atomic E-state index is 13.1. The second-order valence-electron chi connectivity index (χ2n) is 4.02. The molecule has 1 aromatic rings. The topological polar surface area (TPSA) is 66.6 Å². The number of aliphatic hydroxyl groups is 1. The van der Waals surface area contributed by atoms with Crippen LogP contribution in [-0.4, -0.2) is 34.6 Å². The number of halogens is 1. The SMILES string of the molecule is CC(CO)N(C)Cc1cc(F)cc([N+](=O)[O-])c1. The third-order valence-electron chi connectivity index (χ3n) is 2.60. The van der Waals surface area contributed by atoms with Gasteiger partial charge in [-0.1, -0.05) is 0 Å². The number of hydrogen-bond donors (Lipinski definition) is 1. The smallest absolute Gasteiger partial charge is 0.272 e. The van der Waals surface area contributed by atoms with E-state index < -0.39 is 10.7 Å². The summed E-state index contributed by atoms with van der Waals surface area (Å²) in [7, 11) is 1.76. The number of non-ortho nitro benzene ring substituents is 1. The minimum absolute atomic E-state index is 0.0199. The highest BCUT2D eigenvalue weighted by molar-refractivity contribution is 5.35. The molecule has 0 fully saturated rings. The number of nitro benzene ring substituents is 1. The van der Waals surface area contributed by atoms with Crippen LogP contribution in [0.1, 0.15) is 12.5 Å². The Labute approximate surface area is 98.6 Å². The molecule has 0 saturated carbocycles. The van der Waals surface area contributed by atoms with Gasteiger partial charge >= 0.3 is 0 Å². The maximum Gasteiger partial charge on any atom is 0.272 e. The Hall–Kier alpha value is -1.53. The molecule has 0 aliphatic rings. The van der Waals surface area contributed by atoms with Gasteiger partial charge in [0.05, 0.1) is 17.6 Å². The Kier molecular flexibility index (Phi) is 4.53. The van der Waals surface area contributed by atoms with Gasteiger partial charge in [0.1, 0.15) is 5.82 Å². The third kappa shape index (κ3) is 3.76. The van der Waals surface area contributed by atoms with Crippen LogP contribution in [0, 0.1) is 15.9 Å². The minimum atomic E-state index is -0.626. The molecule has 1 N–H and O–H groups in total. The van der Waals surface area contributed by atoms with E-state index in [9.17, 15) is 14.5 Å². The second kappa shape index (κ2) is 5.70. The quantitative estimate of drug-likeness (QED) is 0.628. The molecule has 94 valence electrons. The van der Waals surface area contributed by atoms with E-state index in [1.807, 2.05) is 6.92 Å². The fourth-order valence-electron chi connectivity index (χ4n) is 1.41. The first-order valence-electron chi connectivity index (χ1n) is 5.19. The summed E-state index contributed by atoms with van der Waals surface area (Å²) in [5, 5.41) is 19.5. The van der Waals surface area contributed by atoms with E-state index in [0.29, 0.717) is 12.1 Å². The molecule has 1 aromatic carbocycles. The number of benzene rings is 1. The Morgan fingerprint density at radius 2 is 2.18 bits per heavy atom. The van der Waals surface area contributed by atoms with Crippen molar-refractivity contribution in [2.45, 2.75) is 19.5 Å². The number of nitro groups is 1. The molecule has 0 radical (unpaired) electrons. The Morgan fingerprint density at radius 3 is 2.71 bits per heavy atom. The van der Waals surface area contributed by atoms with Gasteiger partial charge in [-0.05, 0) is 25.6 Å². The van der Waals surface area contributed by atoms with E-state index in [0.717, 1.165) is 6.07 Å². The molecule has 0 aromatic heterocycles. The lowest BCUT2D eigenvalue weighted by atomic mass is 10.1. The van der Waals surface area contributed by atoms with E-state index in [-0.39, 0.29) is 18.3 Å². The monoisotopic (exact) mass is 242 g/mol. The highest BCUT2D eigenvalue weighted by Crippen LogP contribution is 2.17. The van der Waals surface area contributed by atoms with E-state index in [4.69, 9.17) is 5.11 Å². The average molecular weight is 242 g/mol. The lowest BCUT2D eigenvalue weighted by molar-refractivity contribution is -0.385. The van der Waals surface area contributed by atoms with Gasteiger partial charge in [0.2, 0.25) is 0 Å². The van der Waals surface area contributed by atoms with Crippen LogP contribution in [0.25, 0.3) is 0 Å². The first-order valence-corrected chi connectivity index (χ1v) is 5.19. The molecule has 1 rings (SSSR count). The van der Waals surface area contributed by atoms with Crippen molar-refractivity contribution in [3.05, 3.63) is 39.7 Å². The second-order valence-corrected chi connectivity index (χ2v) is 4.02. The Bertz CT molecular complexity index is 412. The minimum Gasteiger partial charge on any atom is -0.395 e. The summed E-state index contributed by atoms with van der Waals surface area (Å²) in [5.41, 5.74) is 0.254. The zero-order chi connectivity index (χ0) is 13.0. The van der Waals surface area contributed by atoms with Crippen LogP contribution in [0.5, 0.6) is 0 Å². The van der Waals surface area contributed by atoms with Crippen LogP contribution < -0.4 is 0 Å². The molecule has 0 aliphatic heterocycles. The Balaban J connectivity index is 2.87. The number of hydrogen-bond acceptors (Lipinski definition) is 4. The van der Waals surface area contributed by atoms with Crippen LogP contribution in [0.15, 0.2) is 18.2 Å². The fourth-order valence-corrected chi connectivity index (χ4v) is 1.41. The van der Waals surface area contributed by atoms with Crippen LogP contribution >= 0.6 is 0 Å². The lowest BCUT2D eigenvalue weighted by Crippen LogP contribution is -2.31. The largest absolute Gasteiger partial charge is 0.395 e. The van der Waals surface area contributed by atoms with Crippen molar-refractivity contribution in [1.82, 2.24) is 4.90 Å². The van der Waals surface area contributed by atoms with E-state index in [1.165, 1.54) is 12.1 Å². The molecule has 6 heteroatoms. The van der Waals surface area contributed by atoms with Gasteiger partial charge in [0, 0.05) is 18.7 Å². The number of nitrogens with zero attached hydrogens (tertiary/aromatic N) is 2.